The lowest BCUT2D eigenvalue weighted by Crippen LogP contribution is -1.85. The Kier molecular flexibility index (Phi) is 1.94. The second kappa shape index (κ2) is 2.95. The highest BCUT2D eigenvalue weighted by Gasteiger charge is 1.97. The monoisotopic (exact) mass is 243 g/mol. The summed E-state index contributed by atoms with van der Waals surface area (Å²) in [5.41, 5.74) is 0.748. The van der Waals surface area contributed by atoms with Gasteiger partial charge in [-0.15, -0.1) is 0 Å². The van der Waals surface area contributed by atoms with Crippen LogP contribution in [0.4, 0.5) is 0 Å². The van der Waals surface area contributed by atoms with Crippen LogP contribution in [0.15, 0.2) is 23.1 Å². The highest BCUT2D eigenvalue weighted by atomic mass is 79.9. The zero-order valence-electron chi connectivity index (χ0n) is 5.83. The van der Waals surface area contributed by atoms with Gasteiger partial charge >= 0.3 is 0 Å². The second-order valence-electron chi connectivity index (χ2n) is 2.20. The van der Waals surface area contributed by atoms with Gasteiger partial charge in [-0.3, -0.25) is 0 Å². The van der Waals surface area contributed by atoms with Crippen LogP contribution < -0.4 is 0 Å². The van der Waals surface area contributed by atoms with E-state index in [1.807, 2.05) is 6.07 Å². The molecule has 0 radical (unpaired) electrons. The average molecular weight is 244 g/mol. The highest BCUT2D eigenvalue weighted by Crippen LogP contribution is 2.15. The fourth-order valence-electron chi connectivity index (χ4n) is 0.885. The van der Waals surface area contributed by atoms with Gasteiger partial charge in [0.2, 0.25) is 5.28 Å². The first-order valence-corrected chi connectivity index (χ1v) is 4.36. The van der Waals surface area contributed by atoms with Gasteiger partial charge in [0.25, 0.3) is 0 Å². The van der Waals surface area contributed by atoms with Crippen molar-refractivity contribution in [2.24, 2.45) is 0 Å². The summed E-state index contributed by atoms with van der Waals surface area (Å²) in [7, 11) is 0. The lowest BCUT2D eigenvalue weighted by Gasteiger charge is -1.95. The second-order valence-corrected chi connectivity index (χ2v) is 3.36. The molecule has 0 fully saturated rings. The Morgan fingerprint density at radius 1 is 1.25 bits per heavy atom. The third kappa shape index (κ3) is 1.40. The molecule has 0 aromatic carbocycles. The zero-order valence-corrected chi connectivity index (χ0v) is 8.17. The van der Waals surface area contributed by atoms with Gasteiger partial charge in [-0.2, -0.15) is 0 Å². The average Bonchev–Trinajstić information content (AvgIpc) is 2.05. The summed E-state index contributed by atoms with van der Waals surface area (Å²) in [6.07, 6.45) is 3.31. The van der Waals surface area contributed by atoms with Gasteiger partial charge in [-0.25, -0.2) is 15.0 Å². The number of fused-ring (bicyclic) bond motifs is 1. The maximum absolute atomic E-state index is 5.60. The van der Waals surface area contributed by atoms with Gasteiger partial charge in [0.15, 0.2) is 0 Å². The van der Waals surface area contributed by atoms with Crippen LogP contribution in [0.2, 0.25) is 5.28 Å². The summed E-state index contributed by atoms with van der Waals surface area (Å²) < 4.78 is 0.765. The van der Waals surface area contributed by atoms with Crippen LogP contribution in [-0.4, -0.2) is 15.0 Å². The normalized spacial score (nSPS) is 10.5. The highest BCUT2D eigenvalue weighted by molar-refractivity contribution is 9.10. The molecule has 12 heavy (non-hydrogen) atoms. The number of rotatable bonds is 0. The number of hydrogen-bond donors (Lipinski definition) is 0. The van der Waals surface area contributed by atoms with Crippen LogP contribution >= 0.6 is 27.5 Å². The third-order valence-electron chi connectivity index (χ3n) is 1.40. The van der Waals surface area contributed by atoms with Crippen molar-refractivity contribution in [3.63, 3.8) is 0 Å². The maximum Gasteiger partial charge on any atom is 0.222 e. The Morgan fingerprint density at radius 2 is 2.08 bits per heavy atom. The smallest absolute Gasteiger partial charge is 0.222 e. The molecule has 2 aromatic rings. The van der Waals surface area contributed by atoms with Crippen molar-refractivity contribution in [3.8, 4) is 0 Å². The van der Waals surface area contributed by atoms with Crippen molar-refractivity contribution in [3.05, 3.63) is 28.3 Å². The molecule has 0 unspecified atom stereocenters. The Hall–Kier alpha value is -0.740. The van der Waals surface area contributed by atoms with E-state index in [2.05, 4.69) is 30.9 Å². The van der Waals surface area contributed by atoms with E-state index in [0.717, 1.165) is 15.5 Å². The largest absolute Gasteiger partial charge is 0.247 e. The topological polar surface area (TPSA) is 38.7 Å². The van der Waals surface area contributed by atoms with Crippen molar-refractivity contribution in [2.75, 3.05) is 0 Å². The molecule has 0 bridgehead atoms. The molecule has 0 aliphatic rings. The van der Waals surface area contributed by atoms with Gasteiger partial charge in [0.1, 0.15) is 4.60 Å². The number of hydrogen-bond acceptors (Lipinski definition) is 3. The quantitative estimate of drug-likeness (QED) is 0.528. The summed E-state index contributed by atoms with van der Waals surface area (Å²) in [4.78, 5) is 11.9. The molecule has 0 saturated heterocycles. The van der Waals surface area contributed by atoms with Gasteiger partial charge in [0, 0.05) is 11.6 Å². The van der Waals surface area contributed by atoms with E-state index < -0.39 is 0 Å². The predicted molar refractivity (Wildman–Crippen MR) is 50.0 cm³/mol. The van der Waals surface area contributed by atoms with E-state index in [9.17, 15) is 0 Å². The van der Waals surface area contributed by atoms with E-state index in [-0.39, 0.29) is 5.28 Å². The summed E-state index contributed by atoms with van der Waals surface area (Å²) in [6.45, 7) is 0. The summed E-state index contributed by atoms with van der Waals surface area (Å²) in [5, 5.41) is 1.16. The molecule has 2 aromatic heterocycles. The minimum Gasteiger partial charge on any atom is -0.247 e. The lowest BCUT2D eigenvalue weighted by molar-refractivity contribution is 1.19. The van der Waals surface area contributed by atoms with Gasteiger partial charge in [-0.05, 0) is 33.6 Å². The number of aromatic nitrogens is 3. The van der Waals surface area contributed by atoms with Crippen LogP contribution in [0, 0.1) is 0 Å². The first-order chi connectivity index (χ1) is 5.75. The molecule has 0 amide bonds. The van der Waals surface area contributed by atoms with E-state index in [0.29, 0.717) is 0 Å². The summed E-state index contributed by atoms with van der Waals surface area (Å²) in [6, 6.07) is 1.84. The maximum atomic E-state index is 5.60. The standard InChI is InChI=1S/C7H3BrClN3/c8-6-1-4-2-11-7(9)12-5(4)3-10-6/h1-3H. The van der Waals surface area contributed by atoms with E-state index in [1.54, 1.807) is 12.4 Å². The molecule has 0 spiro atoms. The Bertz CT molecular complexity index is 391. The SMILES string of the molecule is Clc1ncc2cc(Br)ncc2n1. The van der Waals surface area contributed by atoms with Gasteiger partial charge < -0.3 is 0 Å². The molecular weight excluding hydrogens is 241 g/mol. The van der Waals surface area contributed by atoms with E-state index in [1.165, 1.54) is 0 Å². The van der Waals surface area contributed by atoms with Crippen molar-refractivity contribution in [1.29, 1.82) is 0 Å². The van der Waals surface area contributed by atoms with E-state index in [4.69, 9.17) is 11.6 Å². The predicted octanol–water partition coefficient (Wildman–Crippen LogP) is 2.44. The molecular formula is C7H3BrClN3. The molecule has 0 atom stereocenters. The molecule has 0 N–H and O–H groups in total. The van der Waals surface area contributed by atoms with Crippen LogP contribution in [0.5, 0.6) is 0 Å². The fraction of sp³-hybridized carbons (Fsp3) is 0. The molecule has 60 valence electrons. The molecule has 2 heterocycles. The Labute approximate surface area is 81.9 Å². The first kappa shape index (κ1) is 7.89. The Morgan fingerprint density at radius 3 is 2.92 bits per heavy atom. The number of nitrogens with zero attached hydrogens (tertiary/aromatic N) is 3. The van der Waals surface area contributed by atoms with Crippen LogP contribution in [-0.2, 0) is 0 Å². The van der Waals surface area contributed by atoms with Crippen molar-refractivity contribution < 1.29 is 0 Å². The minimum atomic E-state index is 0.242. The van der Waals surface area contributed by atoms with Crippen molar-refractivity contribution in [2.45, 2.75) is 0 Å². The van der Waals surface area contributed by atoms with Crippen LogP contribution in [0.25, 0.3) is 10.9 Å². The fourth-order valence-corrected chi connectivity index (χ4v) is 1.37. The van der Waals surface area contributed by atoms with Crippen LogP contribution in [0.3, 0.4) is 0 Å². The minimum absolute atomic E-state index is 0.242. The molecule has 2 rings (SSSR count). The zero-order chi connectivity index (χ0) is 8.55. The molecule has 5 heteroatoms. The van der Waals surface area contributed by atoms with Crippen molar-refractivity contribution in [1.82, 2.24) is 15.0 Å². The third-order valence-corrected chi connectivity index (χ3v) is 2.02. The van der Waals surface area contributed by atoms with Gasteiger partial charge in [0.05, 0.1) is 11.7 Å². The summed E-state index contributed by atoms with van der Waals surface area (Å²) in [5.74, 6) is 0. The van der Waals surface area contributed by atoms with Crippen molar-refractivity contribution >= 4 is 38.4 Å². The molecule has 0 aliphatic carbocycles. The first-order valence-electron chi connectivity index (χ1n) is 3.19. The van der Waals surface area contributed by atoms with E-state index >= 15 is 0 Å². The molecule has 0 aliphatic heterocycles. The van der Waals surface area contributed by atoms with Crippen LogP contribution in [0.1, 0.15) is 0 Å². The number of halogens is 2. The number of pyridine rings is 1. The summed E-state index contributed by atoms with van der Waals surface area (Å²) >= 11 is 8.85. The van der Waals surface area contributed by atoms with Gasteiger partial charge in [-0.1, -0.05) is 0 Å². The molecule has 0 saturated carbocycles. The lowest BCUT2D eigenvalue weighted by atomic mass is 10.3. The molecule has 3 nitrogen and oxygen atoms in total. The Balaban J connectivity index is 2.79.